The lowest BCUT2D eigenvalue weighted by molar-refractivity contribution is 0.167. The minimum Gasteiger partial charge on any atom is -0.491 e. The molecule has 4 heteroatoms. The Kier molecular flexibility index (Phi) is 3.91. The van der Waals surface area contributed by atoms with Gasteiger partial charge in [-0.05, 0) is 24.6 Å². The number of halogens is 1. The predicted octanol–water partition coefficient (Wildman–Crippen LogP) is 2.80. The first-order valence-corrected chi connectivity index (χ1v) is 5.85. The first kappa shape index (κ1) is 11.6. The van der Waals surface area contributed by atoms with E-state index in [1.54, 1.807) is 0 Å². The van der Waals surface area contributed by atoms with Gasteiger partial charge in [-0.3, -0.25) is 0 Å². The second kappa shape index (κ2) is 5.41. The van der Waals surface area contributed by atoms with Crippen molar-refractivity contribution in [1.82, 2.24) is 0 Å². The van der Waals surface area contributed by atoms with E-state index in [0.29, 0.717) is 17.5 Å². The lowest BCUT2D eigenvalue weighted by Crippen LogP contribution is -2.12. The number of hydrogen-bond donors (Lipinski definition) is 1. The van der Waals surface area contributed by atoms with Gasteiger partial charge in [0, 0.05) is 24.6 Å². The molecule has 88 valence electrons. The molecule has 3 nitrogen and oxygen atoms in total. The normalized spacial score (nSPS) is 19.8. The third-order valence-electron chi connectivity index (χ3n) is 2.71. The van der Waals surface area contributed by atoms with E-state index in [9.17, 15) is 0 Å². The number of rotatable bonds is 4. The highest BCUT2D eigenvalue weighted by molar-refractivity contribution is 6.30. The van der Waals surface area contributed by atoms with Gasteiger partial charge in [0.2, 0.25) is 0 Å². The van der Waals surface area contributed by atoms with Gasteiger partial charge in [0.1, 0.15) is 5.75 Å². The summed E-state index contributed by atoms with van der Waals surface area (Å²) in [6, 6.07) is 5.59. The van der Waals surface area contributed by atoms with E-state index in [-0.39, 0.29) is 0 Å². The lowest BCUT2D eigenvalue weighted by Gasteiger charge is -2.13. The molecule has 2 rings (SSSR count). The summed E-state index contributed by atoms with van der Waals surface area (Å²) in [5.74, 6) is 1.36. The molecule has 0 unspecified atom stereocenters. The van der Waals surface area contributed by atoms with Crippen molar-refractivity contribution >= 4 is 17.3 Å². The number of hydrogen-bond acceptors (Lipinski definition) is 3. The first-order chi connectivity index (χ1) is 7.79. The average molecular weight is 242 g/mol. The Labute approximate surface area is 101 Å². The zero-order chi connectivity index (χ0) is 11.4. The zero-order valence-corrected chi connectivity index (χ0v) is 10.1. The van der Waals surface area contributed by atoms with Gasteiger partial charge in [0.25, 0.3) is 0 Å². The Balaban J connectivity index is 1.97. The maximum atomic E-state index is 5.91. The van der Waals surface area contributed by atoms with Crippen LogP contribution in [0, 0.1) is 5.92 Å². The predicted molar refractivity (Wildman–Crippen MR) is 65.4 cm³/mol. The van der Waals surface area contributed by atoms with Crippen molar-refractivity contribution in [3.8, 4) is 5.75 Å². The highest BCUT2D eigenvalue weighted by Gasteiger charge is 2.16. The van der Waals surface area contributed by atoms with Crippen LogP contribution < -0.4 is 10.1 Å². The maximum Gasteiger partial charge on any atom is 0.142 e. The van der Waals surface area contributed by atoms with Crippen LogP contribution in [0.15, 0.2) is 18.2 Å². The van der Waals surface area contributed by atoms with Crippen LogP contribution in [0.3, 0.4) is 0 Å². The topological polar surface area (TPSA) is 30.5 Å². The molecule has 0 aliphatic carbocycles. The molecule has 1 aromatic carbocycles. The molecule has 1 heterocycles. The minimum absolute atomic E-state index is 0.514. The molecule has 1 saturated heterocycles. The van der Waals surface area contributed by atoms with Crippen molar-refractivity contribution < 1.29 is 9.47 Å². The summed E-state index contributed by atoms with van der Waals surface area (Å²) >= 11 is 5.91. The van der Waals surface area contributed by atoms with Crippen molar-refractivity contribution in [2.45, 2.75) is 6.42 Å². The van der Waals surface area contributed by atoms with Crippen molar-refractivity contribution in [2.75, 3.05) is 32.2 Å². The largest absolute Gasteiger partial charge is 0.491 e. The molecule has 1 aromatic rings. The second-order valence-corrected chi connectivity index (χ2v) is 4.37. The summed E-state index contributed by atoms with van der Waals surface area (Å²) in [4.78, 5) is 0. The van der Waals surface area contributed by atoms with Gasteiger partial charge in [0.05, 0.1) is 18.9 Å². The zero-order valence-electron chi connectivity index (χ0n) is 9.33. The Morgan fingerprint density at radius 3 is 3.12 bits per heavy atom. The van der Waals surface area contributed by atoms with Crippen LogP contribution in [-0.2, 0) is 4.74 Å². The first-order valence-electron chi connectivity index (χ1n) is 5.47. The van der Waals surface area contributed by atoms with Crippen LogP contribution in [-0.4, -0.2) is 26.9 Å². The van der Waals surface area contributed by atoms with Crippen molar-refractivity contribution in [1.29, 1.82) is 0 Å². The van der Waals surface area contributed by atoms with Crippen LogP contribution in [0.25, 0.3) is 0 Å². The molecule has 1 fully saturated rings. The van der Waals surface area contributed by atoms with Crippen LogP contribution >= 0.6 is 11.6 Å². The molecule has 1 aliphatic heterocycles. The summed E-state index contributed by atoms with van der Waals surface area (Å²) in [6.07, 6.45) is 1.09. The summed E-state index contributed by atoms with van der Waals surface area (Å²) in [5.41, 5.74) is 0.923. The quantitative estimate of drug-likeness (QED) is 0.879. The summed E-state index contributed by atoms with van der Waals surface area (Å²) in [6.45, 7) is 2.37. The average Bonchev–Trinajstić information content (AvgIpc) is 2.80. The van der Waals surface area contributed by atoms with E-state index in [0.717, 1.165) is 31.1 Å². The Morgan fingerprint density at radius 1 is 1.56 bits per heavy atom. The molecule has 0 bridgehead atoms. The van der Waals surface area contributed by atoms with E-state index in [1.807, 2.05) is 25.2 Å². The number of benzene rings is 1. The molecule has 0 saturated carbocycles. The fraction of sp³-hybridized carbons (Fsp3) is 0.500. The highest BCUT2D eigenvalue weighted by atomic mass is 35.5. The molecule has 1 N–H and O–H groups in total. The SMILES string of the molecule is CNc1cc(Cl)ccc1OC[C@H]1CCOC1. The van der Waals surface area contributed by atoms with Crippen LogP contribution in [0.5, 0.6) is 5.75 Å². The highest BCUT2D eigenvalue weighted by Crippen LogP contribution is 2.28. The summed E-state index contributed by atoms with van der Waals surface area (Å²) in [5, 5.41) is 3.78. The van der Waals surface area contributed by atoms with Gasteiger partial charge in [-0.15, -0.1) is 0 Å². The van der Waals surface area contributed by atoms with Crippen LogP contribution in [0.1, 0.15) is 6.42 Å². The van der Waals surface area contributed by atoms with Crippen LogP contribution in [0.4, 0.5) is 5.69 Å². The van der Waals surface area contributed by atoms with Crippen molar-refractivity contribution in [2.24, 2.45) is 5.92 Å². The van der Waals surface area contributed by atoms with Gasteiger partial charge < -0.3 is 14.8 Å². The molecular formula is C12H16ClNO2. The fourth-order valence-electron chi connectivity index (χ4n) is 1.75. The van der Waals surface area contributed by atoms with E-state index < -0.39 is 0 Å². The lowest BCUT2D eigenvalue weighted by atomic mass is 10.1. The van der Waals surface area contributed by atoms with Gasteiger partial charge in [-0.25, -0.2) is 0 Å². The summed E-state index contributed by atoms with van der Waals surface area (Å²) in [7, 11) is 1.86. The number of ether oxygens (including phenoxy) is 2. The monoisotopic (exact) mass is 241 g/mol. The molecule has 0 radical (unpaired) electrons. The molecule has 0 amide bonds. The second-order valence-electron chi connectivity index (χ2n) is 3.93. The van der Waals surface area contributed by atoms with E-state index >= 15 is 0 Å². The van der Waals surface area contributed by atoms with Crippen molar-refractivity contribution in [3.05, 3.63) is 23.2 Å². The maximum absolute atomic E-state index is 5.91. The minimum atomic E-state index is 0.514. The smallest absolute Gasteiger partial charge is 0.142 e. The van der Waals surface area contributed by atoms with E-state index in [4.69, 9.17) is 21.1 Å². The third-order valence-corrected chi connectivity index (χ3v) is 2.94. The van der Waals surface area contributed by atoms with Crippen LogP contribution in [0.2, 0.25) is 5.02 Å². The van der Waals surface area contributed by atoms with E-state index in [2.05, 4.69) is 5.32 Å². The number of nitrogens with one attached hydrogen (secondary N) is 1. The van der Waals surface area contributed by atoms with Gasteiger partial charge >= 0.3 is 0 Å². The molecule has 16 heavy (non-hydrogen) atoms. The molecule has 1 aliphatic rings. The standard InChI is InChI=1S/C12H16ClNO2/c1-14-11-6-10(13)2-3-12(11)16-8-9-4-5-15-7-9/h2-3,6,9,14H,4-5,7-8H2,1H3/t9-/m0/s1. The van der Waals surface area contributed by atoms with E-state index in [1.165, 1.54) is 0 Å². The Bertz CT molecular complexity index is 351. The third kappa shape index (κ3) is 2.80. The Morgan fingerprint density at radius 2 is 2.44 bits per heavy atom. The number of anilines is 1. The molecule has 0 aromatic heterocycles. The van der Waals surface area contributed by atoms with Gasteiger partial charge in [0.15, 0.2) is 0 Å². The molecule has 0 spiro atoms. The molecule has 1 atom stereocenters. The van der Waals surface area contributed by atoms with Gasteiger partial charge in [-0.1, -0.05) is 11.6 Å². The summed E-state index contributed by atoms with van der Waals surface area (Å²) < 4.78 is 11.1. The van der Waals surface area contributed by atoms with Crippen molar-refractivity contribution in [3.63, 3.8) is 0 Å². The van der Waals surface area contributed by atoms with Gasteiger partial charge in [-0.2, -0.15) is 0 Å². The Hall–Kier alpha value is -0.930. The molecular weight excluding hydrogens is 226 g/mol. The fourth-order valence-corrected chi connectivity index (χ4v) is 1.92.